The average molecular weight is 384 g/mol. The summed E-state index contributed by atoms with van der Waals surface area (Å²) in [6.45, 7) is 1.89. The average Bonchev–Trinajstić information content (AvgIpc) is 3.56. The minimum absolute atomic E-state index is 0.0504. The smallest absolute Gasteiger partial charge is 0.244 e. The molecule has 146 valence electrons. The zero-order valence-electron chi connectivity index (χ0n) is 16.6. The van der Waals surface area contributed by atoms with Crippen LogP contribution in [0.3, 0.4) is 0 Å². The second-order valence-corrected chi connectivity index (χ2v) is 7.36. The monoisotopic (exact) mass is 384 g/mol. The van der Waals surface area contributed by atoms with Gasteiger partial charge in [-0.1, -0.05) is 60.7 Å². The Labute approximate surface area is 171 Å². The molecule has 1 amide bonds. The minimum atomic E-state index is -0.282. The molecule has 0 aromatic heterocycles. The fourth-order valence-corrected chi connectivity index (χ4v) is 3.97. The van der Waals surface area contributed by atoms with Crippen LogP contribution in [-0.2, 0) is 10.2 Å². The lowest BCUT2D eigenvalue weighted by molar-refractivity contribution is -0.122. The van der Waals surface area contributed by atoms with Crippen LogP contribution in [0.15, 0.2) is 90.0 Å². The van der Waals surface area contributed by atoms with E-state index in [1.807, 2.05) is 67.6 Å². The number of hydrazone groups is 1. The van der Waals surface area contributed by atoms with Crippen molar-refractivity contribution in [1.82, 2.24) is 5.43 Å². The standard InChI is InChI=1S/C25H24N2O2/c1-18(19-13-15-22(29-2)16-14-19)26-27-24(28)23-17-25(23,20-9-5-3-6-10-20)21-11-7-4-8-12-21/h3-16,23H,17H2,1-2H3,(H,27,28)/b26-18-/t23-/m1/s1. The fraction of sp³-hybridized carbons (Fsp3) is 0.200. The van der Waals surface area contributed by atoms with Crippen LogP contribution in [0.5, 0.6) is 5.75 Å². The quantitative estimate of drug-likeness (QED) is 0.501. The molecule has 1 aliphatic rings. The van der Waals surface area contributed by atoms with Crippen molar-refractivity contribution in [2.24, 2.45) is 11.0 Å². The lowest BCUT2D eigenvalue weighted by Gasteiger charge is -2.18. The second kappa shape index (κ2) is 7.92. The Kier molecular flexibility index (Phi) is 5.17. The molecule has 0 heterocycles. The molecule has 1 fully saturated rings. The second-order valence-electron chi connectivity index (χ2n) is 7.36. The molecule has 1 aliphatic carbocycles. The van der Waals surface area contributed by atoms with Gasteiger partial charge < -0.3 is 4.74 Å². The molecule has 0 saturated heterocycles. The molecule has 1 N–H and O–H groups in total. The Balaban J connectivity index is 1.54. The molecule has 4 heteroatoms. The van der Waals surface area contributed by atoms with Crippen molar-refractivity contribution >= 4 is 11.6 Å². The summed E-state index contributed by atoms with van der Waals surface area (Å²) in [5.74, 6) is 0.601. The summed E-state index contributed by atoms with van der Waals surface area (Å²) in [6, 6.07) is 28.1. The molecule has 3 aromatic rings. The van der Waals surface area contributed by atoms with Gasteiger partial charge in [0.1, 0.15) is 5.75 Å². The molecule has 0 spiro atoms. The highest BCUT2D eigenvalue weighted by Gasteiger charge is 2.60. The molecule has 4 nitrogen and oxygen atoms in total. The van der Waals surface area contributed by atoms with Crippen LogP contribution in [0.1, 0.15) is 30.0 Å². The van der Waals surface area contributed by atoms with E-state index in [0.29, 0.717) is 0 Å². The molecule has 3 aromatic carbocycles. The molecule has 1 atom stereocenters. The van der Waals surface area contributed by atoms with Gasteiger partial charge >= 0.3 is 0 Å². The molecular formula is C25H24N2O2. The number of methoxy groups -OCH3 is 1. The van der Waals surface area contributed by atoms with Gasteiger partial charge in [0.2, 0.25) is 5.91 Å². The third kappa shape index (κ3) is 3.66. The van der Waals surface area contributed by atoms with E-state index in [9.17, 15) is 4.79 Å². The van der Waals surface area contributed by atoms with Gasteiger partial charge in [-0.2, -0.15) is 5.10 Å². The summed E-state index contributed by atoms with van der Waals surface area (Å²) in [4.78, 5) is 13.0. The van der Waals surface area contributed by atoms with E-state index < -0.39 is 0 Å². The fourth-order valence-electron chi connectivity index (χ4n) is 3.97. The maximum Gasteiger partial charge on any atom is 0.244 e. The lowest BCUT2D eigenvalue weighted by atomic mass is 9.85. The van der Waals surface area contributed by atoms with Crippen LogP contribution < -0.4 is 10.2 Å². The Bertz CT molecular complexity index is 972. The highest BCUT2D eigenvalue weighted by Crippen LogP contribution is 2.58. The van der Waals surface area contributed by atoms with E-state index in [-0.39, 0.29) is 17.2 Å². The summed E-state index contributed by atoms with van der Waals surface area (Å²) < 4.78 is 5.18. The topological polar surface area (TPSA) is 50.7 Å². The van der Waals surface area contributed by atoms with Gasteiger partial charge in [0, 0.05) is 5.41 Å². The number of carbonyl (C=O) groups is 1. The molecule has 0 radical (unpaired) electrons. The van der Waals surface area contributed by atoms with Crippen LogP contribution >= 0.6 is 0 Å². The van der Waals surface area contributed by atoms with E-state index in [2.05, 4.69) is 34.8 Å². The summed E-state index contributed by atoms with van der Waals surface area (Å²) >= 11 is 0. The first-order valence-electron chi connectivity index (χ1n) is 9.75. The number of ether oxygens (including phenoxy) is 1. The zero-order chi connectivity index (χ0) is 20.3. The molecule has 0 aliphatic heterocycles. The molecule has 4 rings (SSSR count). The molecular weight excluding hydrogens is 360 g/mol. The number of amides is 1. The van der Waals surface area contributed by atoms with E-state index >= 15 is 0 Å². The van der Waals surface area contributed by atoms with Crippen molar-refractivity contribution in [2.75, 3.05) is 7.11 Å². The number of nitrogens with one attached hydrogen (secondary N) is 1. The van der Waals surface area contributed by atoms with Gasteiger partial charge in [0.25, 0.3) is 0 Å². The van der Waals surface area contributed by atoms with Crippen LogP contribution in [0.2, 0.25) is 0 Å². The maximum atomic E-state index is 13.0. The largest absolute Gasteiger partial charge is 0.497 e. The van der Waals surface area contributed by atoms with Gasteiger partial charge in [0.15, 0.2) is 0 Å². The summed E-state index contributed by atoms with van der Waals surface area (Å²) in [6.07, 6.45) is 0.782. The lowest BCUT2D eigenvalue weighted by Crippen LogP contribution is -2.26. The van der Waals surface area contributed by atoms with Crippen LogP contribution in [0.25, 0.3) is 0 Å². The minimum Gasteiger partial charge on any atom is -0.497 e. The molecule has 0 bridgehead atoms. The zero-order valence-corrected chi connectivity index (χ0v) is 16.6. The maximum absolute atomic E-state index is 13.0. The van der Waals surface area contributed by atoms with E-state index in [1.54, 1.807) is 7.11 Å². The van der Waals surface area contributed by atoms with Crippen molar-refractivity contribution in [2.45, 2.75) is 18.8 Å². The van der Waals surface area contributed by atoms with Gasteiger partial charge in [0.05, 0.1) is 18.7 Å². The number of hydrogen-bond donors (Lipinski definition) is 1. The SMILES string of the molecule is COc1ccc(/C(C)=N\NC(=O)[C@H]2CC2(c2ccccc2)c2ccccc2)cc1. The molecule has 1 saturated carbocycles. The van der Waals surface area contributed by atoms with E-state index in [0.717, 1.165) is 23.4 Å². The predicted molar refractivity (Wildman–Crippen MR) is 115 cm³/mol. The third-order valence-corrected chi connectivity index (χ3v) is 5.70. The predicted octanol–water partition coefficient (Wildman–Crippen LogP) is 4.54. The summed E-state index contributed by atoms with van der Waals surface area (Å²) in [5, 5.41) is 4.34. The first kappa shape index (κ1) is 18.9. The van der Waals surface area contributed by atoms with Gasteiger partial charge in [-0.15, -0.1) is 0 Å². The van der Waals surface area contributed by atoms with E-state index in [1.165, 1.54) is 11.1 Å². The van der Waals surface area contributed by atoms with E-state index in [4.69, 9.17) is 4.74 Å². The summed E-state index contributed by atoms with van der Waals surface area (Å²) in [5.41, 5.74) is 6.54. The molecule has 29 heavy (non-hydrogen) atoms. The number of nitrogens with zero attached hydrogens (tertiary/aromatic N) is 1. The van der Waals surface area contributed by atoms with Crippen LogP contribution in [-0.4, -0.2) is 18.7 Å². The highest BCUT2D eigenvalue weighted by molar-refractivity contribution is 5.99. The van der Waals surface area contributed by atoms with Crippen LogP contribution in [0, 0.1) is 5.92 Å². The summed E-state index contributed by atoms with van der Waals surface area (Å²) in [7, 11) is 1.64. The normalized spacial score (nSPS) is 17.4. The van der Waals surface area contributed by atoms with Crippen molar-refractivity contribution in [1.29, 1.82) is 0 Å². The Hall–Kier alpha value is -3.40. The van der Waals surface area contributed by atoms with Crippen molar-refractivity contribution < 1.29 is 9.53 Å². The first-order chi connectivity index (χ1) is 14.1. The first-order valence-corrected chi connectivity index (χ1v) is 9.75. The Morgan fingerprint density at radius 3 is 2.00 bits per heavy atom. The number of carbonyl (C=O) groups excluding carboxylic acids is 1. The molecule has 0 unspecified atom stereocenters. The van der Waals surface area contributed by atoms with Gasteiger partial charge in [-0.25, -0.2) is 5.43 Å². The van der Waals surface area contributed by atoms with Crippen molar-refractivity contribution in [3.8, 4) is 5.75 Å². The highest BCUT2D eigenvalue weighted by atomic mass is 16.5. The van der Waals surface area contributed by atoms with Crippen molar-refractivity contribution in [3.63, 3.8) is 0 Å². The third-order valence-electron chi connectivity index (χ3n) is 5.70. The number of hydrogen-bond acceptors (Lipinski definition) is 3. The number of benzene rings is 3. The van der Waals surface area contributed by atoms with Gasteiger partial charge in [-0.05, 0) is 54.3 Å². The Morgan fingerprint density at radius 2 is 1.48 bits per heavy atom. The number of rotatable bonds is 6. The van der Waals surface area contributed by atoms with Crippen LogP contribution in [0.4, 0.5) is 0 Å². The van der Waals surface area contributed by atoms with Crippen molar-refractivity contribution in [3.05, 3.63) is 102 Å². The Morgan fingerprint density at radius 1 is 0.931 bits per heavy atom. The van der Waals surface area contributed by atoms with Gasteiger partial charge in [-0.3, -0.25) is 4.79 Å².